The maximum atomic E-state index is 14.8. The van der Waals surface area contributed by atoms with Crippen LogP contribution in [0.4, 0.5) is 14.6 Å². The number of ether oxygens (including phenoxy) is 5. The number of carbonyl (C=O) groups is 3. The second-order valence-electron chi connectivity index (χ2n) is 17.6. The van der Waals surface area contributed by atoms with Crippen molar-refractivity contribution in [3.8, 4) is 29.1 Å². The highest BCUT2D eigenvalue weighted by Gasteiger charge is 2.54. The summed E-state index contributed by atoms with van der Waals surface area (Å²) in [6, 6.07) is 27.9. The molecule has 2 aromatic heterocycles. The number of aromatic hydroxyl groups is 2. The van der Waals surface area contributed by atoms with Crippen molar-refractivity contribution in [1.29, 1.82) is 5.26 Å². The number of hydrogen-bond acceptors (Lipinski definition) is 15. The zero-order chi connectivity index (χ0) is 51.5. The van der Waals surface area contributed by atoms with Crippen molar-refractivity contribution in [2.24, 2.45) is 0 Å². The highest BCUT2D eigenvalue weighted by atomic mass is 19.1. The Morgan fingerprint density at radius 2 is 1.53 bits per heavy atom. The number of halogens is 2. The molecule has 3 aliphatic heterocycles. The molecule has 1 fully saturated rings. The molecular weight excluding hydrogens is 961 g/mol. The number of benzene rings is 5. The summed E-state index contributed by atoms with van der Waals surface area (Å²) in [5.41, 5.74) is 0.445. The molecule has 5 heterocycles. The number of carbonyl (C=O) groups excluding carboxylic acids is 3. The second kappa shape index (κ2) is 20.8. The number of esters is 1. The number of rotatable bonds is 16. The van der Waals surface area contributed by atoms with Crippen molar-refractivity contribution in [1.82, 2.24) is 25.4 Å². The number of pyridine rings is 1. The topological polar surface area (TPSA) is 239 Å². The first kappa shape index (κ1) is 48.8. The fraction of sp³-hybridized carbons (Fsp3) is 0.241. The van der Waals surface area contributed by atoms with E-state index in [4.69, 9.17) is 23.7 Å². The lowest BCUT2D eigenvalue weighted by Crippen LogP contribution is -2.57. The molecule has 1 unspecified atom stereocenters. The summed E-state index contributed by atoms with van der Waals surface area (Å²) in [4.78, 5) is 61.4. The first-order chi connectivity index (χ1) is 35.9. The first-order valence-electron chi connectivity index (χ1n) is 23.5. The Morgan fingerprint density at radius 1 is 0.811 bits per heavy atom. The van der Waals surface area contributed by atoms with Crippen LogP contribution in [-0.4, -0.2) is 120 Å². The van der Waals surface area contributed by atoms with Gasteiger partial charge in [-0.2, -0.15) is 10.4 Å². The third kappa shape index (κ3) is 9.54. The number of H-pyrrole nitrogens is 1. The van der Waals surface area contributed by atoms with Gasteiger partial charge < -0.3 is 49.0 Å². The van der Waals surface area contributed by atoms with Crippen molar-refractivity contribution in [3.63, 3.8) is 0 Å². The van der Waals surface area contributed by atoms with Gasteiger partial charge in [0.25, 0.3) is 17.4 Å². The Kier molecular flexibility index (Phi) is 13.7. The molecule has 0 saturated carbocycles. The Bertz CT molecular complexity index is 3380. The molecule has 2 amide bonds. The van der Waals surface area contributed by atoms with Crippen molar-refractivity contribution < 1.29 is 57.1 Å². The molecule has 0 radical (unpaired) electrons. The van der Waals surface area contributed by atoms with E-state index in [1.807, 2.05) is 30.3 Å². The lowest BCUT2D eigenvalue weighted by atomic mass is 9.77. The molecule has 74 heavy (non-hydrogen) atoms. The number of nitriles is 1. The molecule has 0 bridgehead atoms. The molecular formula is C54H45F2N7O11. The van der Waals surface area contributed by atoms with Crippen LogP contribution in [0, 0.1) is 23.0 Å². The summed E-state index contributed by atoms with van der Waals surface area (Å²) in [7, 11) is 0. The number of fused-ring (bicyclic) bond motifs is 7. The maximum Gasteiger partial charge on any atom is 0.340 e. The molecule has 1 spiro atoms. The highest BCUT2D eigenvalue weighted by Crippen LogP contribution is 2.57. The number of aromatic nitrogens is 3. The van der Waals surface area contributed by atoms with Gasteiger partial charge in [0.2, 0.25) is 0 Å². The van der Waals surface area contributed by atoms with E-state index in [2.05, 4.69) is 31.5 Å². The number of amides is 2. The van der Waals surface area contributed by atoms with Crippen LogP contribution in [0.3, 0.4) is 0 Å². The standard InChI is InChI=1S/C54H45F2N7O11/c55-42-23-40-47(25-45(42)64)73-48-26-46(65)43(56)24-41(48)54(40)39-10-9-33(22-38(39)53(69)74-54)50(66)58-12-15-70-16-17-71-18-19-72-30-35-29-62(13-14-63(35)49-11-8-32(27-57)28-59-49)52(68)34-5-3-4-31(20-34)21-44-36-6-1-2-7-37(36)51(67)61-60-44/h1-11,20,22-26,28,35,64-65H,12-19,21,29-30H2,(H,58,66)(H,61,67). The lowest BCUT2D eigenvalue weighted by Gasteiger charge is -2.42. The van der Waals surface area contributed by atoms with E-state index in [0.717, 1.165) is 35.2 Å². The molecule has 18 nitrogen and oxygen atoms in total. The predicted molar refractivity (Wildman–Crippen MR) is 260 cm³/mol. The minimum Gasteiger partial charge on any atom is -0.505 e. The van der Waals surface area contributed by atoms with Crippen LogP contribution >= 0.6 is 0 Å². The number of piperazine rings is 1. The van der Waals surface area contributed by atoms with E-state index in [1.54, 1.807) is 35.2 Å². The Hall–Kier alpha value is -8.77. The summed E-state index contributed by atoms with van der Waals surface area (Å²) in [6.45, 7) is 2.66. The summed E-state index contributed by atoms with van der Waals surface area (Å²) < 4.78 is 58.7. The van der Waals surface area contributed by atoms with Gasteiger partial charge in [-0.05, 0) is 60.2 Å². The molecule has 5 aromatic carbocycles. The number of nitrogens with zero attached hydrogens (tertiary/aromatic N) is 5. The van der Waals surface area contributed by atoms with Gasteiger partial charge in [0.15, 0.2) is 28.7 Å². The van der Waals surface area contributed by atoms with Gasteiger partial charge in [0.1, 0.15) is 23.4 Å². The van der Waals surface area contributed by atoms with E-state index >= 15 is 0 Å². The van der Waals surface area contributed by atoms with E-state index < -0.39 is 40.6 Å². The highest BCUT2D eigenvalue weighted by molar-refractivity contribution is 6.02. The largest absolute Gasteiger partial charge is 0.505 e. The zero-order valence-corrected chi connectivity index (χ0v) is 39.3. The van der Waals surface area contributed by atoms with Crippen LogP contribution in [0.5, 0.6) is 23.0 Å². The van der Waals surface area contributed by atoms with Crippen LogP contribution in [0.1, 0.15) is 64.6 Å². The summed E-state index contributed by atoms with van der Waals surface area (Å²) in [6.07, 6.45) is 1.92. The van der Waals surface area contributed by atoms with E-state index in [9.17, 15) is 43.4 Å². The summed E-state index contributed by atoms with van der Waals surface area (Å²) in [5, 5.41) is 40.4. The van der Waals surface area contributed by atoms with Gasteiger partial charge in [-0.3, -0.25) is 14.4 Å². The van der Waals surface area contributed by atoms with Gasteiger partial charge in [0.05, 0.1) is 79.0 Å². The lowest BCUT2D eigenvalue weighted by molar-refractivity contribution is 0.00920. The Morgan fingerprint density at radius 3 is 2.24 bits per heavy atom. The number of phenols is 2. The zero-order valence-electron chi connectivity index (χ0n) is 39.3. The van der Waals surface area contributed by atoms with E-state index in [1.165, 1.54) is 24.4 Å². The number of hydrogen-bond donors (Lipinski definition) is 4. The van der Waals surface area contributed by atoms with Crippen LogP contribution < -0.4 is 20.5 Å². The minimum atomic E-state index is -1.93. The Balaban J connectivity index is 0.693. The maximum absolute atomic E-state index is 14.8. The molecule has 3 aliphatic rings. The molecule has 1 saturated heterocycles. The van der Waals surface area contributed by atoms with E-state index in [0.29, 0.717) is 54.1 Å². The molecule has 0 aliphatic carbocycles. The first-order valence-corrected chi connectivity index (χ1v) is 23.5. The molecule has 4 N–H and O–H groups in total. The second-order valence-corrected chi connectivity index (χ2v) is 17.6. The van der Waals surface area contributed by atoms with Crippen LogP contribution in [0.25, 0.3) is 10.8 Å². The average molecular weight is 1010 g/mol. The monoisotopic (exact) mass is 1010 g/mol. The van der Waals surface area contributed by atoms with Gasteiger partial charge in [0, 0.05) is 73.0 Å². The van der Waals surface area contributed by atoms with Gasteiger partial charge in [-0.1, -0.05) is 36.4 Å². The molecule has 10 rings (SSSR count). The SMILES string of the molecule is N#Cc1ccc(N2CCN(C(=O)c3cccc(Cc4n[nH]c(=O)c5ccccc45)c3)CC2COCCOCCOCCNC(=O)c2ccc3c(c2)C(=O)OC32c3cc(F)c(O)cc3Oc3cc(O)c(F)cc32)nc1. The van der Waals surface area contributed by atoms with Crippen LogP contribution in [0.15, 0.2) is 114 Å². The molecule has 7 aromatic rings. The number of phenolic OH excluding ortho intramolecular Hbond substituents is 2. The predicted octanol–water partition coefficient (Wildman–Crippen LogP) is 5.85. The Labute approximate surface area is 420 Å². The van der Waals surface area contributed by atoms with Crippen molar-refractivity contribution in [2.75, 3.05) is 70.7 Å². The van der Waals surface area contributed by atoms with Gasteiger partial charge >= 0.3 is 5.97 Å². The van der Waals surface area contributed by atoms with Crippen LogP contribution in [0.2, 0.25) is 0 Å². The number of aromatic amines is 1. The number of nitrogens with one attached hydrogen (secondary N) is 2. The van der Waals surface area contributed by atoms with Crippen molar-refractivity contribution >= 4 is 34.4 Å². The quantitative estimate of drug-likeness (QED) is 0.0656. The summed E-state index contributed by atoms with van der Waals surface area (Å²) in [5.74, 6) is -4.68. The van der Waals surface area contributed by atoms with E-state index in [-0.39, 0.29) is 103 Å². The minimum absolute atomic E-state index is 0.0386. The fourth-order valence-corrected chi connectivity index (χ4v) is 9.48. The third-order valence-electron chi connectivity index (χ3n) is 13.1. The summed E-state index contributed by atoms with van der Waals surface area (Å²) >= 11 is 0. The smallest absolute Gasteiger partial charge is 0.340 e. The normalized spacial score (nSPS) is 15.2. The number of anilines is 1. The van der Waals surface area contributed by atoms with Crippen molar-refractivity contribution in [3.05, 3.63) is 182 Å². The van der Waals surface area contributed by atoms with Crippen LogP contribution in [-0.2, 0) is 31.0 Å². The molecule has 1 atom stereocenters. The third-order valence-corrected chi connectivity index (χ3v) is 13.1. The molecule has 20 heteroatoms. The molecule has 376 valence electrons. The van der Waals surface area contributed by atoms with Gasteiger partial charge in [-0.15, -0.1) is 0 Å². The fourth-order valence-electron chi connectivity index (χ4n) is 9.48. The van der Waals surface area contributed by atoms with Crippen molar-refractivity contribution in [2.45, 2.75) is 18.1 Å². The van der Waals surface area contributed by atoms with Gasteiger partial charge in [-0.25, -0.2) is 23.7 Å². The average Bonchev–Trinajstić information content (AvgIpc) is 3.73.